The van der Waals surface area contributed by atoms with E-state index in [1.54, 1.807) is 12.4 Å². The van der Waals surface area contributed by atoms with E-state index >= 15 is 0 Å². The number of nitrogens with zero attached hydrogens (tertiary/aromatic N) is 4. The third kappa shape index (κ3) is 12.1. The van der Waals surface area contributed by atoms with E-state index in [2.05, 4.69) is 43.4 Å². The first-order chi connectivity index (χ1) is 20.0. The molecule has 0 saturated carbocycles. The number of nitrogens with two attached hydrogens (primary N) is 1. The van der Waals surface area contributed by atoms with Crippen LogP contribution >= 0.6 is 0 Å². The zero-order valence-electron chi connectivity index (χ0n) is 23.8. The van der Waals surface area contributed by atoms with Crippen molar-refractivity contribution in [3.05, 3.63) is 96.0 Å². The van der Waals surface area contributed by atoms with Crippen molar-refractivity contribution in [2.45, 2.75) is 20.0 Å². The molecule has 11 heteroatoms. The number of hydrogen-bond donors (Lipinski definition) is 5. The van der Waals surface area contributed by atoms with E-state index in [0.717, 1.165) is 16.8 Å². The van der Waals surface area contributed by atoms with Crippen LogP contribution in [0.15, 0.2) is 89.8 Å². The van der Waals surface area contributed by atoms with Crippen LogP contribution < -0.4 is 27.0 Å². The summed E-state index contributed by atoms with van der Waals surface area (Å²) in [4.78, 5) is 35.6. The lowest BCUT2D eigenvalue weighted by molar-refractivity contribution is -0.112. The van der Waals surface area contributed by atoms with E-state index in [-0.39, 0.29) is 5.91 Å². The maximum absolute atomic E-state index is 12.2. The number of benzene rings is 2. The standard InChI is InChI=1S/C29H37N9O.CH2O/c1-4-31-21-26(17-30)36-29-34-20-23(28(37-29)33-18-22-10-6-5-7-11-22)19-32-24-12-8-13-25(16-24)35-27(39)14-9-15-38(2)3;1-2/h5-14,16-17,20-21,32H,4,15,18-19,30H2,1-3H3,(H,35,39)(H2,33,34,36,37);1H2/b14-9+,26-17+,31-21?;. The molecular formula is C30H39N9O2. The van der Waals surface area contributed by atoms with E-state index in [4.69, 9.17) is 15.5 Å². The normalized spacial score (nSPS) is 11.3. The fourth-order valence-corrected chi connectivity index (χ4v) is 3.43. The quantitative estimate of drug-likeness (QED) is 0.147. The Bertz CT molecular complexity index is 1310. The summed E-state index contributed by atoms with van der Waals surface area (Å²) in [6.45, 7) is 6.36. The number of nitrogens with one attached hydrogen (secondary N) is 4. The van der Waals surface area contributed by atoms with Crippen LogP contribution in [0.5, 0.6) is 0 Å². The van der Waals surface area contributed by atoms with E-state index in [0.29, 0.717) is 49.3 Å². The summed E-state index contributed by atoms with van der Waals surface area (Å²) in [6.07, 6.45) is 8.21. The number of rotatable bonds is 14. The van der Waals surface area contributed by atoms with Gasteiger partial charge in [-0.05, 0) is 44.8 Å². The number of likely N-dealkylation sites (N-methyl/N-ethyl adjacent to an activating group) is 1. The molecule has 1 heterocycles. The number of anilines is 4. The number of aromatic nitrogens is 2. The summed E-state index contributed by atoms with van der Waals surface area (Å²) in [5.74, 6) is 0.913. The average Bonchev–Trinajstić information content (AvgIpc) is 2.99. The molecule has 0 atom stereocenters. The molecule has 0 spiro atoms. The van der Waals surface area contributed by atoms with Crippen LogP contribution in [0.1, 0.15) is 18.1 Å². The topological polar surface area (TPSA) is 150 Å². The summed E-state index contributed by atoms with van der Waals surface area (Å²) in [6, 6.07) is 17.7. The van der Waals surface area contributed by atoms with Crippen LogP contribution in [0, 0.1) is 0 Å². The van der Waals surface area contributed by atoms with Crippen molar-refractivity contribution in [2.24, 2.45) is 10.7 Å². The summed E-state index contributed by atoms with van der Waals surface area (Å²) in [5.41, 5.74) is 9.89. The molecule has 0 fully saturated rings. The first-order valence-electron chi connectivity index (χ1n) is 13.0. The van der Waals surface area contributed by atoms with Gasteiger partial charge in [-0.15, -0.1) is 0 Å². The molecule has 6 N–H and O–H groups in total. The van der Waals surface area contributed by atoms with Gasteiger partial charge in [-0.2, -0.15) is 4.98 Å². The van der Waals surface area contributed by atoms with E-state index in [1.165, 1.54) is 12.3 Å². The maximum atomic E-state index is 12.2. The highest BCUT2D eigenvalue weighted by molar-refractivity contribution is 5.99. The number of carbonyl (C=O) groups is 2. The number of allylic oxidation sites excluding steroid dienone is 1. The molecular weight excluding hydrogens is 518 g/mol. The Hall–Kier alpha value is -5.03. The molecule has 11 nitrogen and oxygen atoms in total. The van der Waals surface area contributed by atoms with Gasteiger partial charge in [0.15, 0.2) is 0 Å². The first-order valence-corrected chi connectivity index (χ1v) is 13.0. The van der Waals surface area contributed by atoms with Gasteiger partial charge >= 0.3 is 0 Å². The van der Waals surface area contributed by atoms with Gasteiger partial charge in [0.1, 0.15) is 12.6 Å². The summed E-state index contributed by atoms with van der Waals surface area (Å²) >= 11 is 0. The van der Waals surface area contributed by atoms with Gasteiger partial charge in [0, 0.05) is 67.8 Å². The first kappa shape index (κ1) is 32.2. The Morgan fingerprint density at radius 3 is 2.49 bits per heavy atom. The van der Waals surface area contributed by atoms with Crippen LogP contribution in [0.3, 0.4) is 0 Å². The Balaban J connectivity index is 0.00000287. The van der Waals surface area contributed by atoms with Gasteiger partial charge < -0.3 is 36.7 Å². The third-order valence-corrected chi connectivity index (χ3v) is 5.37. The van der Waals surface area contributed by atoms with Crippen LogP contribution in [0.2, 0.25) is 0 Å². The fraction of sp³-hybridized carbons (Fsp3) is 0.233. The predicted molar refractivity (Wildman–Crippen MR) is 168 cm³/mol. The summed E-state index contributed by atoms with van der Waals surface area (Å²) in [5, 5.41) is 12.8. The molecule has 216 valence electrons. The lowest BCUT2D eigenvalue weighted by atomic mass is 10.2. The van der Waals surface area contributed by atoms with Crippen molar-refractivity contribution in [3.8, 4) is 0 Å². The van der Waals surface area contributed by atoms with Crippen molar-refractivity contribution >= 4 is 42.1 Å². The molecule has 3 aromatic rings. The fourth-order valence-electron chi connectivity index (χ4n) is 3.43. The Labute approximate surface area is 241 Å². The Morgan fingerprint density at radius 2 is 1.78 bits per heavy atom. The van der Waals surface area contributed by atoms with Crippen LogP contribution in [0.25, 0.3) is 0 Å². The van der Waals surface area contributed by atoms with E-state index in [1.807, 2.05) is 81.2 Å². The molecule has 2 aromatic carbocycles. The van der Waals surface area contributed by atoms with Gasteiger partial charge in [-0.1, -0.05) is 42.5 Å². The minimum Gasteiger partial charge on any atom is -0.403 e. The molecule has 1 aromatic heterocycles. The minimum atomic E-state index is -0.173. The second-order valence-electron chi connectivity index (χ2n) is 8.87. The number of carbonyl (C=O) groups excluding carboxylic acids is 2. The van der Waals surface area contributed by atoms with Crippen molar-refractivity contribution in [2.75, 3.05) is 48.5 Å². The molecule has 41 heavy (non-hydrogen) atoms. The summed E-state index contributed by atoms with van der Waals surface area (Å²) in [7, 11) is 3.90. The number of aliphatic imine (C=N–C) groups is 1. The van der Waals surface area contributed by atoms with Crippen molar-refractivity contribution in [1.82, 2.24) is 14.9 Å². The molecule has 0 radical (unpaired) electrons. The van der Waals surface area contributed by atoms with Crippen LogP contribution in [0.4, 0.5) is 23.1 Å². The molecule has 1 amide bonds. The van der Waals surface area contributed by atoms with Crippen LogP contribution in [-0.2, 0) is 22.7 Å². The van der Waals surface area contributed by atoms with Gasteiger partial charge in [0.2, 0.25) is 11.9 Å². The largest absolute Gasteiger partial charge is 0.403 e. The number of amides is 1. The highest BCUT2D eigenvalue weighted by atomic mass is 16.1. The minimum absolute atomic E-state index is 0.173. The third-order valence-electron chi connectivity index (χ3n) is 5.37. The van der Waals surface area contributed by atoms with E-state index in [9.17, 15) is 4.79 Å². The Morgan fingerprint density at radius 1 is 1.02 bits per heavy atom. The Kier molecular flexibility index (Phi) is 14.4. The van der Waals surface area contributed by atoms with Crippen molar-refractivity contribution in [3.63, 3.8) is 0 Å². The molecule has 0 saturated heterocycles. The SMILES string of the molecule is C=O.CCN=C/C(=C\N)Nc1ncc(CNc2cccc(NC(=O)/C=C/CN(C)C)c2)c(NCc2ccccc2)n1. The van der Waals surface area contributed by atoms with Gasteiger partial charge in [0.05, 0.1) is 5.70 Å². The molecule has 0 aliphatic heterocycles. The highest BCUT2D eigenvalue weighted by Gasteiger charge is 2.09. The maximum Gasteiger partial charge on any atom is 0.248 e. The van der Waals surface area contributed by atoms with Crippen molar-refractivity contribution < 1.29 is 9.59 Å². The van der Waals surface area contributed by atoms with Crippen molar-refractivity contribution in [1.29, 1.82) is 0 Å². The predicted octanol–water partition coefficient (Wildman–Crippen LogP) is 3.87. The number of hydrogen-bond acceptors (Lipinski definition) is 10. The second kappa shape index (κ2) is 18.3. The smallest absolute Gasteiger partial charge is 0.248 e. The monoisotopic (exact) mass is 557 g/mol. The molecule has 0 aliphatic rings. The van der Waals surface area contributed by atoms with Crippen LogP contribution in [-0.4, -0.2) is 61.0 Å². The zero-order valence-corrected chi connectivity index (χ0v) is 23.8. The van der Waals surface area contributed by atoms with E-state index < -0.39 is 0 Å². The second-order valence-corrected chi connectivity index (χ2v) is 8.87. The molecule has 0 unspecified atom stereocenters. The van der Waals surface area contributed by atoms with Gasteiger partial charge in [0.25, 0.3) is 0 Å². The molecule has 0 aliphatic carbocycles. The lowest BCUT2D eigenvalue weighted by Gasteiger charge is -2.15. The van der Waals surface area contributed by atoms with Gasteiger partial charge in [-0.25, -0.2) is 4.98 Å². The zero-order chi connectivity index (χ0) is 29.9. The summed E-state index contributed by atoms with van der Waals surface area (Å²) < 4.78 is 0. The molecule has 0 bridgehead atoms. The lowest BCUT2D eigenvalue weighted by Crippen LogP contribution is -2.13. The molecule has 3 rings (SSSR count). The highest BCUT2D eigenvalue weighted by Crippen LogP contribution is 2.20. The van der Waals surface area contributed by atoms with Gasteiger partial charge in [-0.3, -0.25) is 9.79 Å². The average molecular weight is 558 g/mol.